The average molecular weight is 237 g/mol. The third-order valence-electron chi connectivity index (χ3n) is 1.47. The first-order valence-corrected chi connectivity index (χ1v) is 4.95. The first kappa shape index (κ1) is 12.0. The van der Waals surface area contributed by atoms with Crippen molar-refractivity contribution < 1.29 is 23.4 Å². The molecule has 0 aliphatic rings. The summed E-state index contributed by atoms with van der Waals surface area (Å²) >= 11 is 1.02. The number of nitrogens with zero attached hydrogens (tertiary/aromatic N) is 1. The number of carboxylic acid groups (broad SMARTS) is 1. The fourth-order valence-electron chi connectivity index (χ4n) is 0.857. The lowest BCUT2D eigenvalue weighted by Crippen LogP contribution is -2.06. The minimum absolute atomic E-state index is 0.122. The van der Waals surface area contributed by atoms with Gasteiger partial charge in [-0.05, 0) is 0 Å². The van der Waals surface area contributed by atoms with E-state index in [2.05, 4.69) is 9.72 Å². The van der Waals surface area contributed by atoms with Gasteiger partial charge in [0.05, 0.1) is 17.8 Å². The van der Waals surface area contributed by atoms with Crippen LogP contribution in [0.2, 0.25) is 0 Å². The molecule has 0 aliphatic heterocycles. The molecule has 0 aromatic carbocycles. The van der Waals surface area contributed by atoms with E-state index in [4.69, 9.17) is 5.11 Å². The lowest BCUT2D eigenvalue weighted by molar-refractivity contribution is 0.0187. The molecule has 0 amide bonds. The number of halogens is 2. The standard InChI is InChI=1S/C8H9F2NO3S/c9-6(10)4-14-2-1-7-11-3-5(15-7)8(12)13/h3,6H,1-2,4H2,(H,12,13). The van der Waals surface area contributed by atoms with Crippen LogP contribution < -0.4 is 0 Å². The van der Waals surface area contributed by atoms with Gasteiger partial charge in [0.15, 0.2) is 0 Å². The summed E-state index contributed by atoms with van der Waals surface area (Å²) in [5.74, 6) is -1.03. The Morgan fingerprint density at radius 2 is 2.40 bits per heavy atom. The van der Waals surface area contributed by atoms with Crippen LogP contribution >= 0.6 is 11.3 Å². The lowest BCUT2D eigenvalue weighted by atomic mass is 10.5. The van der Waals surface area contributed by atoms with Gasteiger partial charge in [-0.1, -0.05) is 0 Å². The van der Waals surface area contributed by atoms with Gasteiger partial charge in [-0.25, -0.2) is 18.6 Å². The largest absolute Gasteiger partial charge is 0.477 e. The maximum absolute atomic E-state index is 11.7. The Bertz CT molecular complexity index is 329. The smallest absolute Gasteiger partial charge is 0.347 e. The highest BCUT2D eigenvalue weighted by molar-refractivity contribution is 7.13. The summed E-state index contributed by atoms with van der Waals surface area (Å²) < 4.78 is 27.9. The van der Waals surface area contributed by atoms with Gasteiger partial charge in [0.1, 0.15) is 11.5 Å². The second kappa shape index (κ2) is 5.72. The third-order valence-corrected chi connectivity index (χ3v) is 2.51. The number of aromatic carboxylic acids is 1. The monoisotopic (exact) mass is 237 g/mol. The van der Waals surface area contributed by atoms with Crippen molar-refractivity contribution in [1.82, 2.24) is 4.98 Å². The molecular formula is C8H9F2NO3S. The maximum Gasteiger partial charge on any atom is 0.347 e. The summed E-state index contributed by atoms with van der Waals surface area (Å²) in [5, 5.41) is 9.15. The zero-order chi connectivity index (χ0) is 11.3. The SMILES string of the molecule is O=C(O)c1cnc(CCOCC(F)F)s1. The molecule has 0 spiro atoms. The average Bonchev–Trinajstić information content (AvgIpc) is 2.60. The third kappa shape index (κ3) is 4.30. The Hall–Kier alpha value is -1.08. The molecule has 4 nitrogen and oxygen atoms in total. The number of alkyl halides is 2. The van der Waals surface area contributed by atoms with Crippen LogP contribution in [0.1, 0.15) is 14.7 Å². The van der Waals surface area contributed by atoms with Crippen molar-refractivity contribution in [2.45, 2.75) is 12.8 Å². The van der Waals surface area contributed by atoms with Crippen molar-refractivity contribution >= 4 is 17.3 Å². The predicted molar refractivity (Wildman–Crippen MR) is 49.6 cm³/mol. The van der Waals surface area contributed by atoms with E-state index in [0.29, 0.717) is 11.4 Å². The molecule has 7 heteroatoms. The van der Waals surface area contributed by atoms with Gasteiger partial charge in [0.25, 0.3) is 6.43 Å². The lowest BCUT2D eigenvalue weighted by Gasteiger charge is -2.00. The van der Waals surface area contributed by atoms with Gasteiger partial charge in [-0.15, -0.1) is 11.3 Å². The second-order valence-corrected chi connectivity index (χ2v) is 3.75. The van der Waals surface area contributed by atoms with Gasteiger partial charge < -0.3 is 9.84 Å². The predicted octanol–water partition coefficient (Wildman–Crippen LogP) is 1.67. The highest BCUT2D eigenvalue weighted by Gasteiger charge is 2.08. The number of carbonyl (C=O) groups is 1. The maximum atomic E-state index is 11.7. The van der Waals surface area contributed by atoms with Crippen LogP contribution in [-0.4, -0.2) is 35.7 Å². The molecular weight excluding hydrogens is 228 g/mol. The van der Waals surface area contributed by atoms with Crippen molar-refractivity contribution in [3.63, 3.8) is 0 Å². The molecule has 0 atom stereocenters. The molecule has 1 N–H and O–H groups in total. The van der Waals surface area contributed by atoms with Gasteiger partial charge in [0, 0.05) is 6.42 Å². The van der Waals surface area contributed by atoms with Crippen molar-refractivity contribution in [3.8, 4) is 0 Å². The molecule has 0 saturated carbocycles. The number of hydrogen-bond acceptors (Lipinski definition) is 4. The minimum Gasteiger partial charge on any atom is -0.477 e. The molecule has 1 aromatic rings. The van der Waals surface area contributed by atoms with E-state index in [1.54, 1.807) is 0 Å². The van der Waals surface area contributed by atoms with Crippen molar-refractivity contribution in [1.29, 1.82) is 0 Å². The zero-order valence-electron chi connectivity index (χ0n) is 7.65. The second-order valence-electron chi connectivity index (χ2n) is 2.64. The summed E-state index contributed by atoms with van der Waals surface area (Å²) in [7, 11) is 0. The molecule has 1 aromatic heterocycles. The summed E-state index contributed by atoms with van der Waals surface area (Å²) in [4.78, 5) is 14.4. The Labute approximate surface area is 88.5 Å². The van der Waals surface area contributed by atoms with Crippen molar-refractivity contribution in [2.24, 2.45) is 0 Å². The summed E-state index contributed by atoms with van der Waals surface area (Å²) in [5.41, 5.74) is 0. The summed E-state index contributed by atoms with van der Waals surface area (Å²) in [6.07, 6.45) is -0.879. The van der Waals surface area contributed by atoms with E-state index >= 15 is 0 Å². The molecule has 1 heterocycles. The molecule has 0 fully saturated rings. The highest BCUT2D eigenvalue weighted by Crippen LogP contribution is 2.13. The fourth-order valence-corrected chi connectivity index (χ4v) is 1.59. The zero-order valence-corrected chi connectivity index (χ0v) is 8.47. The molecule has 0 unspecified atom stereocenters. The fraction of sp³-hybridized carbons (Fsp3) is 0.500. The molecule has 0 radical (unpaired) electrons. The number of rotatable bonds is 6. The Balaban J connectivity index is 2.29. The van der Waals surface area contributed by atoms with E-state index in [-0.39, 0.29) is 11.5 Å². The topological polar surface area (TPSA) is 59.4 Å². The molecule has 1 rings (SSSR count). The van der Waals surface area contributed by atoms with Crippen LogP contribution in [0.4, 0.5) is 8.78 Å². The van der Waals surface area contributed by atoms with E-state index in [1.165, 1.54) is 6.20 Å². The molecule has 0 aliphatic carbocycles. The van der Waals surface area contributed by atoms with E-state index < -0.39 is 19.0 Å². The van der Waals surface area contributed by atoms with Crippen LogP contribution in [-0.2, 0) is 11.2 Å². The minimum atomic E-state index is -2.48. The van der Waals surface area contributed by atoms with Crippen LogP contribution in [0.25, 0.3) is 0 Å². The molecule has 0 bridgehead atoms. The van der Waals surface area contributed by atoms with Crippen LogP contribution in [0.3, 0.4) is 0 Å². The highest BCUT2D eigenvalue weighted by atomic mass is 32.1. The van der Waals surface area contributed by atoms with Gasteiger partial charge >= 0.3 is 5.97 Å². The first-order valence-electron chi connectivity index (χ1n) is 4.13. The van der Waals surface area contributed by atoms with Gasteiger partial charge in [0.2, 0.25) is 0 Å². The molecule has 15 heavy (non-hydrogen) atoms. The van der Waals surface area contributed by atoms with Crippen LogP contribution in [0, 0.1) is 0 Å². The Morgan fingerprint density at radius 3 is 2.93 bits per heavy atom. The molecule has 0 saturated heterocycles. The quantitative estimate of drug-likeness (QED) is 0.764. The summed E-state index contributed by atoms with van der Waals surface area (Å²) in [6, 6.07) is 0. The van der Waals surface area contributed by atoms with Crippen molar-refractivity contribution in [2.75, 3.05) is 13.2 Å². The van der Waals surface area contributed by atoms with E-state index in [9.17, 15) is 13.6 Å². The number of thiazole rings is 1. The normalized spacial score (nSPS) is 10.9. The number of ether oxygens (including phenoxy) is 1. The Morgan fingerprint density at radius 1 is 1.67 bits per heavy atom. The van der Waals surface area contributed by atoms with Gasteiger partial charge in [-0.2, -0.15) is 0 Å². The number of hydrogen-bond donors (Lipinski definition) is 1. The van der Waals surface area contributed by atoms with Crippen molar-refractivity contribution in [3.05, 3.63) is 16.1 Å². The van der Waals surface area contributed by atoms with Gasteiger partial charge in [-0.3, -0.25) is 0 Å². The Kier molecular flexibility index (Phi) is 4.57. The first-order chi connectivity index (χ1) is 7.09. The summed E-state index contributed by atoms with van der Waals surface area (Å²) in [6.45, 7) is -0.478. The molecule has 84 valence electrons. The van der Waals surface area contributed by atoms with Crippen LogP contribution in [0.15, 0.2) is 6.20 Å². The number of aromatic nitrogens is 1. The van der Waals surface area contributed by atoms with Crippen LogP contribution in [0.5, 0.6) is 0 Å². The van der Waals surface area contributed by atoms with E-state index in [0.717, 1.165) is 11.3 Å². The number of carboxylic acids is 1. The van der Waals surface area contributed by atoms with E-state index in [1.807, 2.05) is 0 Å².